The molecule has 0 aliphatic carbocycles. The van der Waals surface area contributed by atoms with Gasteiger partial charge >= 0.3 is 6.03 Å². The van der Waals surface area contributed by atoms with Crippen molar-refractivity contribution in [2.45, 2.75) is 20.8 Å². The molecular formula is C19H19FN4O. The SMILES string of the molecule is CCNC(=O)Nc1cc2c(-c3cc(C)ncc3F)ccc(C)c2cn1. The third-order valence-corrected chi connectivity index (χ3v) is 3.98. The van der Waals surface area contributed by atoms with Gasteiger partial charge in [-0.2, -0.15) is 0 Å². The highest BCUT2D eigenvalue weighted by molar-refractivity contribution is 6.00. The molecule has 0 aliphatic rings. The minimum Gasteiger partial charge on any atom is -0.338 e. The van der Waals surface area contributed by atoms with Gasteiger partial charge in [0.05, 0.1) is 6.20 Å². The molecule has 0 saturated carbocycles. The molecule has 0 bridgehead atoms. The predicted octanol–water partition coefficient (Wildman–Crippen LogP) is 4.19. The summed E-state index contributed by atoms with van der Waals surface area (Å²) < 4.78 is 14.3. The minimum atomic E-state index is -0.384. The first-order valence-electron chi connectivity index (χ1n) is 8.06. The van der Waals surface area contributed by atoms with Crippen LogP contribution in [0.2, 0.25) is 0 Å². The maximum absolute atomic E-state index is 14.3. The number of amides is 2. The summed E-state index contributed by atoms with van der Waals surface area (Å²) >= 11 is 0. The molecule has 128 valence electrons. The van der Waals surface area contributed by atoms with E-state index in [4.69, 9.17) is 0 Å². The van der Waals surface area contributed by atoms with Crippen molar-refractivity contribution in [1.29, 1.82) is 0 Å². The van der Waals surface area contributed by atoms with Gasteiger partial charge in [-0.05, 0) is 49.4 Å². The summed E-state index contributed by atoms with van der Waals surface area (Å²) in [6.07, 6.45) is 2.92. The lowest BCUT2D eigenvalue weighted by atomic mass is 9.96. The Bertz CT molecular complexity index is 956. The highest BCUT2D eigenvalue weighted by Gasteiger charge is 2.13. The van der Waals surface area contributed by atoms with Gasteiger partial charge in [-0.3, -0.25) is 10.3 Å². The number of anilines is 1. The lowest BCUT2D eigenvalue weighted by molar-refractivity contribution is 0.252. The van der Waals surface area contributed by atoms with Crippen molar-refractivity contribution in [2.75, 3.05) is 11.9 Å². The van der Waals surface area contributed by atoms with E-state index < -0.39 is 0 Å². The molecule has 1 aromatic carbocycles. The van der Waals surface area contributed by atoms with Crippen molar-refractivity contribution >= 4 is 22.6 Å². The molecule has 0 fully saturated rings. The van der Waals surface area contributed by atoms with E-state index in [1.807, 2.05) is 32.9 Å². The van der Waals surface area contributed by atoms with Crippen molar-refractivity contribution in [3.8, 4) is 11.1 Å². The van der Waals surface area contributed by atoms with Gasteiger partial charge in [0, 0.05) is 29.4 Å². The van der Waals surface area contributed by atoms with Crippen LogP contribution in [0, 0.1) is 19.7 Å². The lowest BCUT2D eigenvalue weighted by Gasteiger charge is -2.12. The van der Waals surface area contributed by atoms with Gasteiger partial charge in [0.15, 0.2) is 0 Å². The normalized spacial score (nSPS) is 10.7. The number of hydrogen-bond acceptors (Lipinski definition) is 3. The van der Waals surface area contributed by atoms with E-state index in [2.05, 4.69) is 20.6 Å². The summed E-state index contributed by atoms with van der Waals surface area (Å²) in [6, 6.07) is 6.98. The van der Waals surface area contributed by atoms with Crippen LogP contribution in [0.15, 0.2) is 36.7 Å². The van der Waals surface area contributed by atoms with Gasteiger partial charge < -0.3 is 5.32 Å². The van der Waals surface area contributed by atoms with Crippen LogP contribution in [-0.2, 0) is 0 Å². The average molecular weight is 338 g/mol. The molecule has 0 aliphatic heterocycles. The fourth-order valence-electron chi connectivity index (χ4n) is 2.75. The zero-order chi connectivity index (χ0) is 18.0. The summed E-state index contributed by atoms with van der Waals surface area (Å²) in [7, 11) is 0. The number of carbonyl (C=O) groups excluding carboxylic acids is 1. The summed E-state index contributed by atoms with van der Waals surface area (Å²) in [6.45, 7) is 6.15. The quantitative estimate of drug-likeness (QED) is 0.752. The molecule has 0 radical (unpaired) electrons. The highest BCUT2D eigenvalue weighted by atomic mass is 19.1. The largest absolute Gasteiger partial charge is 0.338 e. The average Bonchev–Trinajstić information content (AvgIpc) is 2.58. The molecule has 0 spiro atoms. The van der Waals surface area contributed by atoms with Gasteiger partial charge in [0.2, 0.25) is 0 Å². The topological polar surface area (TPSA) is 66.9 Å². The third-order valence-electron chi connectivity index (χ3n) is 3.98. The number of halogens is 1. The Kier molecular flexibility index (Phi) is 4.61. The fraction of sp³-hybridized carbons (Fsp3) is 0.211. The molecule has 0 atom stereocenters. The molecule has 2 amide bonds. The maximum atomic E-state index is 14.3. The van der Waals surface area contributed by atoms with Crippen LogP contribution in [0.1, 0.15) is 18.2 Å². The molecule has 2 aromatic heterocycles. The Hall–Kier alpha value is -3.02. The van der Waals surface area contributed by atoms with E-state index in [1.54, 1.807) is 18.3 Å². The van der Waals surface area contributed by atoms with Crippen LogP contribution in [0.5, 0.6) is 0 Å². The molecule has 3 rings (SSSR count). The van der Waals surface area contributed by atoms with Gasteiger partial charge in [0.1, 0.15) is 11.6 Å². The predicted molar refractivity (Wildman–Crippen MR) is 97.1 cm³/mol. The second-order valence-corrected chi connectivity index (χ2v) is 5.84. The maximum Gasteiger partial charge on any atom is 0.320 e. The Morgan fingerprint density at radius 1 is 1.08 bits per heavy atom. The summed E-state index contributed by atoms with van der Waals surface area (Å²) in [5.41, 5.74) is 2.99. The number of benzene rings is 1. The zero-order valence-electron chi connectivity index (χ0n) is 14.4. The third kappa shape index (κ3) is 3.42. The van der Waals surface area contributed by atoms with Gasteiger partial charge in [-0.1, -0.05) is 12.1 Å². The first kappa shape index (κ1) is 16.8. The van der Waals surface area contributed by atoms with Crippen LogP contribution >= 0.6 is 0 Å². The Morgan fingerprint density at radius 2 is 1.88 bits per heavy atom. The number of aryl methyl sites for hydroxylation is 2. The summed E-state index contributed by atoms with van der Waals surface area (Å²) in [4.78, 5) is 20.0. The van der Waals surface area contributed by atoms with Gasteiger partial charge in [-0.25, -0.2) is 14.2 Å². The van der Waals surface area contributed by atoms with Crippen LogP contribution in [-0.4, -0.2) is 22.5 Å². The fourth-order valence-corrected chi connectivity index (χ4v) is 2.75. The second kappa shape index (κ2) is 6.84. The van der Waals surface area contributed by atoms with Crippen LogP contribution in [0.25, 0.3) is 21.9 Å². The molecule has 2 N–H and O–H groups in total. The van der Waals surface area contributed by atoms with Gasteiger partial charge in [-0.15, -0.1) is 0 Å². The van der Waals surface area contributed by atoms with Crippen LogP contribution in [0.4, 0.5) is 15.0 Å². The molecule has 2 heterocycles. The van der Waals surface area contributed by atoms with E-state index >= 15 is 0 Å². The second-order valence-electron chi connectivity index (χ2n) is 5.84. The van der Waals surface area contributed by atoms with Crippen molar-refractivity contribution in [3.63, 3.8) is 0 Å². The van der Waals surface area contributed by atoms with E-state index in [1.165, 1.54) is 6.20 Å². The molecule has 0 unspecified atom stereocenters. The number of nitrogens with zero attached hydrogens (tertiary/aromatic N) is 2. The van der Waals surface area contributed by atoms with Crippen LogP contribution < -0.4 is 10.6 Å². The number of aromatic nitrogens is 2. The molecule has 25 heavy (non-hydrogen) atoms. The van der Waals surface area contributed by atoms with Crippen LogP contribution in [0.3, 0.4) is 0 Å². The standard InChI is InChI=1S/C19H19FN4O/c1-4-21-19(25)24-18-8-14-13(6-5-11(2)16(14)9-23-18)15-7-12(3)22-10-17(15)20/h5-10H,4H2,1-3H3,(H2,21,23,24,25). The monoisotopic (exact) mass is 338 g/mol. The molecule has 3 aromatic rings. The smallest absolute Gasteiger partial charge is 0.320 e. The highest BCUT2D eigenvalue weighted by Crippen LogP contribution is 2.33. The molecule has 0 saturated heterocycles. The zero-order valence-corrected chi connectivity index (χ0v) is 14.4. The van der Waals surface area contributed by atoms with Crippen molar-refractivity contribution in [2.24, 2.45) is 0 Å². The van der Waals surface area contributed by atoms with E-state index in [0.29, 0.717) is 17.9 Å². The number of rotatable bonds is 3. The van der Waals surface area contributed by atoms with Gasteiger partial charge in [0.25, 0.3) is 0 Å². The number of urea groups is 1. The molecule has 6 heteroatoms. The number of carbonyl (C=O) groups is 1. The number of hydrogen-bond donors (Lipinski definition) is 2. The van der Waals surface area contributed by atoms with Crippen molar-refractivity contribution < 1.29 is 9.18 Å². The number of pyridine rings is 2. The molecule has 5 nitrogen and oxygen atoms in total. The first-order chi connectivity index (χ1) is 12.0. The Morgan fingerprint density at radius 3 is 2.64 bits per heavy atom. The minimum absolute atomic E-state index is 0.325. The number of fused-ring (bicyclic) bond motifs is 1. The Labute approximate surface area is 145 Å². The van der Waals surface area contributed by atoms with Crippen molar-refractivity contribution in [1.82, 2.24) is 15.3 Å². The number of nitrogens with one attached hydrogen (secondary N) is 2. The lowest BCUT2D eigenvalue weighted by Crippen LogP contribution is -2.28. The Balaban J connectivity index is 2.17. The van der Waals surface area contributed by atoms with Crippen molar-refractivity contribution in [3.05, 3.63) is 53.7 Å². The van der Waals surface area contributed by atoms with E-state index in [0.717, 1.165) is 27.6 Å². The first-order valence-corrected chi connectivity index (χ1v) is 8.06. The summed E-state index contributed by atoms with van der Waals surface area (Å²) in [5, 5.41) is 7.09. The summed E-state index contributed by atoms with van der Waals surface area (Å²) in [5.74, 6) is 0.0299. The van der Waals surface area contributed by atoms with E-state index in [9.17, 15) is 9.18 Å². The van der Waals surface area contributed by atoms with E-state index in [-0.39, 0.29) is 11.8 Å². The molecular weight excluding hydrogens is 319 g/mol.